The molecule has 0 bridgehead atoms. The van der Waals surface area contributed by atoms with Gasteiger partial charge in [-0.3, -0.25) is 14.9 Å². The highest BCUT2D eigenvalue weighted by molar-refractivity contribution is 8.00. The lowest BCUT2D eigenvalue weighted by atomic mass is 10.3. The molecule has 0 aromatic heterocycles. The molecule has 16 heavy (non-hydrogen) atoms. The van der Waals surface area contributed by atoms with Crippen LogP contribution in [0.15, 0.2) is 23.1 Å². The van der Waals surface area contributed by atoms with Crippen molar-refractivity contribution in [3.05, 3.63) is 34.1 Å². The van der Waals surface area contributed by atoms with Crippen LogP contribution >= 0.6 is 11.8 Å². The third-order valence-corrected chi connectivity index (χ3v) is 2.60. The standard InChI is InChI=1S/C9H8FNO4S/c1-15-9(12)5-16-8-3-6(10)2-7(4-8)11(13)14/h2-4H,5H2,1H3. The summed E-state index contributed by atoms with van der Waals surface area (Å²) >= 11 is 0.980. The maximum absolute atomic E-state index is 13.0. The van der Waals surface area contributed by atoms with E-state index in [2.05, 4.69) is 4.74 Å². The van der Waals surface area contributed by atoms with Crippen molar-refractivity contribution in [2.24, 2.45) is 0 Å². The number of ether oxygens (including phenoxy) is 1. The molecule has 1 rings (SSSR count). The van der Waals surface area contributed by atoms with Gasteiger partial charge < -0.3 is 4.74 Å². The lowest BCUT2D eigenvalue weighted by molar-refractivity contribution is -0.385. The molecule has 0 N–H and O–H groups in total. The molecule has 0 aliphatic carbocycles. The van der Waals surface area contributed by atoms with Crippen molar-refractivity contribution in [1.29, 1.82) is 0 Å². The minimum Gasteiger partial charge on any atom is -0.468 e. The monoisotopic (exact) mass is 245 g/mol. The van der Waals surface area contributed by atoms with Crippen LogP contribution in [0.2, 0.25) is 0 Å². The predicted molar refractivity (Wildman–Crippen MR) is 55.8 cm³/mol. The highest BCUT2D eigenvalue weighted by Gasteiger charge is 2.11. The molecule has 0 aliphatic heterocycles. The summed E-state index contributed by atoms with van der Waals surface area (Å²) in [5.41, 5.74) is -0.340. The molecular weight excluding hydrogens is 237 g/mol. The lowest BCUT2D eigenvalue weighted by Crippen LogP contribution is -2.02. The molecule has 0 aliphatic rings. The summed E-state index contributed by atoms with van der Waals surface area (Å²) in [6, 6.07) is 3.15. The number of thioether (sulfide) groups is 1. The molecule has 1 aromatic rings. The number of nitro benzene ring substituents is 1. The van der Waals surface area contributed by atoms with Gasteiger partial charge in [0, 0.05) is 11.0 Å². The molecule has 0 heterocycles. The molecule has 0 amide bonds. The summed E-state index contributed by atoms with van der Waals surface area (Å²) < 4.78 is 17.4. The van der Waals surface area contributed by atoms with Crippen LogP contribution in [0.25, 0.3) is 0 Å². The van der Waals surface area contributed by atoms with Crippen LogP contribution in [-0.2, 0) is 9.53 Å². The Morgan fingerprint density at radius 2 is 2.25 bits per heavy atom. The zero-order valence-electron chi connectivity index (χ0n) is 8.31. The Hall–Kier alpha value is -1.63. The predicted octanol–water partition coefficient (Wildman–Crippen LogP) is 2.00. The van der Waals surface area contributed by atoms with Gasteiger partial charge in [0.15, 0.2) is 0 Å². The molecule has 0 atom stereocenters. The summed E-state index contributed by atoms with van der Waals surface area (Å²) in [5.74, 6) is -1.20. The maximum atomic E-state index is 13.0. The Bertz CT molecular complexity index is 424. The van der Waals surface area contributed by atoms with E-state index in [9.17, 15) is 19.3 Å². The SMILES string of the molecule is COC(=O)CSc1cc(F)cc([N+](=O)[O-])c1. The number of carbonyl (C=O) groups is 1. The van der Waals surface area contributed by atoms with Crippen molar-refractivity contribution in [1.82, 2.24) is 0 Å². The molecule has 1 aromatic carbocycles. The number of hydrogen-bond acceptors (Lipinski definition) is 5. The highest BCUT2D eigenvalue weighted by Crippen LogP contribution is 2.24. The third kappa shape index (κ3) is 3.50. The van der Waals surface area contributed by atoms with Gasteiger partial charge in [-0.05, 0) is 6.07 Å². The number of methoxy groups -OCH3 is 1. The van der Waals surface area contributed by atoms with Gasteiger partial charge in [-0.25, -0.2) is 4.39 Å². The zero-order chi connectivity index (χ0) is 12.1. The van der Waals surface area contributed by atoms with E-state index in [1.807, 2.05) is 0 Å². The number of esters is 1. The van der Waals surface area contributed by atoms with E-state index in [0.717, 1.165) is 23.9 Å². The van der Waals surface area contributed by atoms with Crippen LogP contribution in [0.3, 0.4) is 0 Å². The Morgan fingerprint density at radius 3 is 2.81 bits per heavy atom. The summed E-state index contributed by atoms with van der Waals surface area (Å²) in [5, 5.41) is 10.4. The van der Waals surface area contributed by atoms with E-state index in [4.69, 9.17) is 0 Å². The fraction of sp³-hybridized carbons (Fsp3) is 0.222. The van der Waals surface area contributed by atoms with Crippen LogP contribution in [0, 0.1) is 15.9 Å². The number of non-ortho nitro benzene ring substituents is 1. The molecule has 0 saturated carbocycles. The van der Waals surface area contributed by atoms with E-state index < -0.39 is 16.7 Å². The topological polar surface area (TPSA) is 69.4 Å². The summed E-state index contributed by atoms with van der Waals surface area (Å²) in [6.07, 6.45) is 0. The Morgan fingerprint density at radius 1 is 1.56 bits per heavy atom. The lowest BCUT2D eigenvalue weighted by Gasteiger charge is -2.00. The second-order valence-electron chi connectivity index (χ2n) is 2.77. The number of carbonyl (C=O) groups excluding carboxylic acids is 1. The maximum Gasteiger partial charge on any atom is 0.315 e. The van der Waals surface area contributed by atoms with Gasteiger partial charge in [-0.2, -0.15) is 0 Å². The van der Waals surface area contributed by atoms with Crippen molar-refractivity contribution < 1.29 is 18.8 Å². The summed E-state index contributed by atoms with van der Waals surface area (Å²) in [6.45, 7) is 0. The second-order valence-corrected chi connectivity index (χ2v) is 3.82. The quantitative estimate of drug-likeness (QED) is 0.351. The minimum absolute atomic E-state index is 0.0168. The molecule has 0 saturated heterocycles. The molecule has 86 valence electrons. The van der Waals surface area contributed by atoms with Gasteiger partial charge in [0.25, 0.3) is 5.69 Å². The largest absolute Gasteiger partial charge is 0.468 e. The molecule has 5 nitrogen and oxygen atoms in total. The van der Waals surface area contributed by atoms with Crippen LogP contribution < -0.4 is 0 Å². The van der Waals surface area contributed by atoms with Crippen molar-refractivity contribution in [3.8, 4) is 0 Å². The first-order valence-electron chi connectivity index (χ1n) is 4.17. The molecule has 0 unspecified atom stereocenters. The summed E-state index contributed by atoms with van der Waals surface area (Å²) in [4.78, 5) is 20.9. The van der Waals surface area contributed by atoms with Gasteiger partial charge in [-0.15, -0.1) is 11.8 Å². The van der Waals surface area contributed by atoms with Crippen LogP contribution in [0.1, 0.15) is 0 Å². The summed E-state index contributed by atoms with van der Waals surface area (Å²) in [7, 11) is 1.23. The number of hydrogen-bond donors (Lipinski definition) is 0. The van der Waals surface area contributed by atoms with Crippen molar-refractivity contribution in [2.75, 3.05) is 12.9 Å². The zero-order valence-corrected chi connectivity index (χ0v) is 9.12. The van der Waals surface area contributed by atoms with Crippen molar-refractivity contribution in [2.45, 2.75) is 4.90 Å². The van der Waals surface area contributed by atoms with Gasteiger partial charge in [0.1, 0.15) is 5.82 Å². The minimum atomic E-state index is -0.707. The average Bonchev–Trinajstić information content (AvgIpc) is 2.25. The van der Waals surface area contributed by atoms with Crippen LogP contribution in [0.4, 0.5) is 10.1 Å². The fourth-order valence-electron chi connectivity index (χ4n) is 0.938. The number of halogens is 1. The molecule has 0 fully saturated rings. The Balaban J connectivity index is 2.80. The van der Waals surface area contributed by atoms with E-state index in [0.29, 0.717) is 4.90 Å². The van der Waals surface area contributed by atoms with Gasteiger partial charge >= 0.3 is 5.97 Å². The van der Waals surface area contributed by atoms with E-state index in [1.165, 1.54) is 13.2 Å². The fourth-order valence-corrected chi connectivity index (χ4v) is 1.74. The molecule has 0 radical (unpaired) electrons. The Kier molecular flexibility index (Phi) is 4.24. The van der Waals surface area contributed by atoms with Gasteiger partial charge in [-0.1, -0.05) is 0 Å². The highest BCUT2D eigenvalue weighted by atomic mass is 32.2. The van der Waals surface area contributed by atoms with Crippen LogP contribution in [0.5, 0.6) is 0 Å². The number of rotatable bonds is 4. The van der Waals surface area contributed by atoms with E-state index in [-0.39, 0.29) is 11.4 Å². The average molecular weight is 245 g/mol. The Labute approximate surface area is 94.7 Å². The van der Waals surface area contributed by atoms with Gasteiger partial charge in [0.2, 0.25) is 0 Å². The second kappa shape index (κ2) is 5.45. The first-order valence-corrected chi connectivity index (χ1v) is 5.16. The number of benzene rings is 1. The molecule has 7 heteroatoms. The van der Waals surface area contributed by atoms with E-state index >= 15 is 0 Å². The number of nitrogens with zero attached hydrogens (tertiary/aromatic N) is 1. The van der Waals surface area contributed by atoms with Crippen molar-refractivity contribution in [3.63, 3.8) is 0 Å². The molecular formula is C9H8FNO4S. The smallest absolute Gasteiger partial charge is 0.315 e. The van der Waals surface area contributed by atoms with E-state index in [1.54, 1.807) is 0 Å². The first-order chi connectivity index (χ1) is 7.52. The number of nitro groups is 1. The van der Waals surface area contributed by atoms with Gasteiger partial charge in [0.05, 0.1) is 23.9 Å². The third-order valence-electron chi connectivity index (χ3n) is 1.65. The van der Waals surface area contributed by atoms with Crippen LogP contribution in [-0.4, -0.2) is 23.8 Å². The molecule has 0 spiro atoms. The first kappa shape index (κ1) is 12.4. The normalized spacial score (nSPS) is 9.88. The van der Waals surface area contributed by atoms with Crippen molar-refractivity contribution >= 4 is 23.4 Å².